The number of rotatable bonds is 16. The highest BCUT2D eigenvalue weighted by Crippen LogP contribution is 2.47. The lowest BCUT2D eigenvalue weighted by Crippen LogP contribution is -2.39. The number of alkyl carbamates (subject to hydrolysis) is 1. The molecule has 2 amide bonds. The number of hydrogen-bond acceptors (Lipinski definition) is 11. The minimum atomic E-state index is -4.58. The van der Waals surface area contributed by atoms with Crippen LogP contribution in [0.15, 0.2) is 64.3 Å². The molecule has 5 rings (SSSR count). The lowest BCUT2D eigenvalue weighted by Gasteiger charge is -2.22. The summed E-state index contributed by atoms with van der Waals surface area (Å²) in [6.45, 7) is -0.0747. The second-order valence-electron chi connectivity index (χ2n) is 12.6. The number of unbranched alkanes of at least 4 members (excludes halogenated alkanes) is 2. The van der Waals surface area contributed by atoms with Crippen molar-refractivity contribution in [2.24, 2.45) is 0 Å². The zero-order valence-electron chi connectivity index (χ0n) is 29.1. The minimum Gasteiger partial charge on any atom is -0.441 e. The van der Waals surface area contributed by atoms with Crippen LogP contribution >= 0.6 is 7.82 Å². The third-order valence-corrected chi connectivity index (χ3v) is 9.87. The van der Waals surface area contributed by atoms with Crippen LogP contribution in [0, 0.1) is 11.8 Å². The average molecular weight is 755 g/mol. The fraction of sp³-hybridized carbons (Fsp3) is 0.444. The number of aryl methyl sites for hydroxylation is 1. The lowest BCUT2D eigenvalue weighted by molar-refractivity contribution is -0.121. The maximum atomic E-state index is 12.7. The van der Waals surface area contributed by atoms with Crippen molar-refractivity contribution in [1.29, 1.82) is 0 Å². The number of nitrogens with one attached hydrogen (secondary N) is 3. The number of nitrogens with zero attached hydrogens (tertiary/aromatic N) is 1. The molecule has 0 saturated carbocycles. The summed E-state index contributed by atoms with van der Waals surface area (Å²) in [5, 5.41) is 26.0. The van der Waals surface area contributed by atoms with E-state index in [1.165, 1.54) is 6.20 Å². The molecule has 284 valence electrons. The number of aromatic amines is 1. The molecule has 53 heavy (non-hydrogen) atoms. The third-order valence-electron chi connectivity index (χ3n) is 8.90. The largest absolute Gasteiger partial charge is 0.472 e. The van der Waals surface area contributed by atoms with Crippen LogP contribution in [0.5, 0.6) is 0 Å². The predicted octanol–water partition coefficient (Wildman–Crippen LogP) is 1.95. The summed E-state index contributed by atoms with van der Waals surface area (Å²) in [5.74, 6) is 6.23. The SMILES string of the molecule is COP(=O)(O)OC1[C@@H](CO)O[C@@H](n2cc(CCCNC(=O)CCCCCNC(=O)OC3Cc4ccccc4C#Cc4ccccc43)c(=O)[nH]c2=O)[C@H]1O. The Kier molecular flexibility index (Phi) is 13.8. The van der Waals surface area contributed by atoms with Gasteiger partial charge in [0, 0.05) is 61.5 Å². The smallest absolute Gasteiger partial charge is 0.441 e. The quantitative estimate of drug-likeness (QED) is 0.0701. The molecule has 2 heterocycles. The third kappa shape index (κ3) is 10.5. The van der Waals surface area contributed by atoms with Crippen LogP contribution in [0.2, 0.25) is 0 Å². The van der Waals surface area contributed by atoms with Crippen molar-refractivity contribution in [3.63, 3.8) is 0 Å². The van der Waals surface area contributed by atoms with E-state index in [1.54, 1.807) is 0 Å². The summed E-state index contributed by atoms with van der Waals surface area (Å²) in [7, 11) is -3.66. The van der Waals surface area contributed by atoms with Crippen molar-refractivity contribution in [1.82, 2.24) is 20.2 Å². The number of carbonyl (C=O) groups is 2. The number of aromatic nitrogens is 2. The summed E-state index contributed by atoms with van der Waals surface area (Å²) in [5.41, 5.74) is 2.16. The van der Waals surface area contributed by atoms with Crippen LogP contribution in [0.25, 0.3) is 0 Å². The first-order chi connectivity index (χ1) is 25.5. The van der Waals surface area contributed by atoms with Crippen LogP contribution in [0.4, 0.5) is 4.79 Å². The zero-order chi connectivity index (χ0) is 38.0. The number of aliphatic hydroxyl groups excluding tert-OH is 2. The Morgan fingerprint density at radius 2 is 1.74 bits per heavy atom. The first-order valence-electron chi connectivity index (χ1n) is 17.3. The molecular weight excluding hydrogens is 711 g/mol. The predicted molar refractivity (Wildman–Crippen MR) is 190 cm³/mol. The van der Waals surface area contributed by atoms with E-state index in [4.69, 9.17) is 14.0 Å². The molecule has 2 aromatic carbocycles. The highest BCUT2D eigenvalue weighted by atomic mass is 31.2. The molecule has 1 aliphatic carbocycles. The van der Waals surface area contributed by atoms with Crippen molar-refractivity contribution in [2.45, 2.75) is 75.6 Å². The maximum Gasteiger partial charge on any atom is 0.472 e. The monoisotopic (exact) mass is 754 g/mol. The number of hydrogen-bond donors (Lipinski definition) is 6. The Morgan fingerprint density at radius 1 is 1.02 bits per heavy atom. The van der Waals surface area contributed by atoms with Crippen LogP contribution in [-0.4, -0.2) is 81.8 Å². The van der Waals surface area contributed by atoms with E-state index in [-0.39, 0.29) is 30.9 Å². The van der Waals surface area contributed by atoms with Crippen LogP contribution in [-0.2, 0) is 40.7 Å². The number of fused-ring (bicyclic) bond motifs is 2. The summed E-state index contributed by atoms with van der Waals surface area (Å²) in [4.78, 5) is 62.0. The number of benzene rings is 2. The van der Waals surface area contributed by atoms with Gasteiger partial charge in [-0.05, 0) is 43.4 Å². The minimum absolute atomic E-state index is 0.158. The molecule has 16 nitrogen and oxygen atoms in total. The summed E-state index contributed by atoms with van der Waals surface area (Å²) < 4.78 is 33.5. The van der Waals surface area contributed by atoms with E-state index in [0.717, 1.165) is 33.9 Å². The van der Waals surface area contributed by atoms with E-state index in [9.17, 15) is 38.8 Å². The number of amides is 2. The summed E-state index contributed by atoms with van der Waals surface area (Å²) >= 11 is 0. The molecule has 17 heteroatoms. The maximum absolute atomic E-state index is 12.7. The van der Waals surface area contributed by atoms with Gasteiger partial charge >= 0.3 is 19.6 Å². The van der Waals surface area contributed by atoms with Crippen molar-refractivity contribution >= 4 is 19.8 Å². The van der Waals surface area contributed by atoms with Crippen LogP contribution < -0.4 is 21.9 Å². The average Bonchev–Trinajstić information content (AvgIpc) is 3.44. The number of H-pyrrole nitrogens is 1. The highest BCUT2D eigenvalue weighted by Gasteiger charge is 2.48. The summed E-state index contributed by atoms with van der Waals surface area (Å²) in [6.07, 6.45) is -2.52. The van der Waals surface area contributed by atoms with Gasteiger partial charge in [-0.25, -0.2) is 14.2 Å². The highest BCUT2D eigenvalue weighted by molar-refractivity contribution is 7.47. The first-order valence-corrected chi connectivity index (χ1v) is 18.7. The molecule has 0 bridgehead atoms. The Hall–Kier alpha value is -4.59. The van der Waals surface area contributed by atoms with Crippen LogP contribution in [0.3, 0.4) is 0 Å². The molecule has 0 radical (unpaired) electrons. The van der Waals surface area contributed by atoms with Crippen molar-refractivity contribution < 1.29 is 47.8 Å². The lowest BCUT2D eigenvalue weighted by atomic mass is 9.92. The molecule has 2 aliphatic rings. The topological polar surface area (TPSA) is 228 Å². The fourth-order valence-corrected chi connectivity index (χ4v) is 6.78. The van der Waals surface area contributed by atoms with Gasteiger partial charge in [0.1, 0.15) is 24.4 Å². The normalized spacial score (nSPS) is 21.5. The number of ether oxygens (including phenoxy) is 2. The molecule has 6 atom stereocenters. The number of aliphatic hydroxyl groups is 2. The molecule has 6 N–H and O–H groups in total. The van der Waals surface area contributed by atoms with Crippen molar-refractivity contribution in [3.05, 3.63) is 103 Å². The Morgan fingerprint density at radius 3 is 2.51 bits per heavy atom. The van der Waals surface area contributed by atoms with Gasteiger partial charge in [0.05, 0.1) is 6.61 Å². The van der Waals surface area contributed by atoms with Gasteiger partial charge in [0.15, 0.2) is 6.23 Å². The van der Waals surface area contributed by atoms with Gasteiger partial charge in [0.25, 0.3) is 5.56 Å². The Bertz CT molecular complexity index is 1990. The number of phosphoric acid groups is 1. The van der Waals surface area contributed by atoms with E-state index in [1.807, 2.05) is 48.5 Å². The van der Waals surface area contributed by atoms with Crippen molar-refractivity contribution in [2.75, 3.05) is 26.8 Å². The van der Waals surface area contributed by atoms with Gasteiger partial charge in [-0.2, -0.15) is 0 Å². The molecule has 3 aromatic rings. The van der Waals surface area contributed by atoms with Gasteiger partial charge < -0.3 is 35.2 Å². The van der Waals surface area contributed by atoms with Gasteiger partial charge in [-0.3, -0.25) is 28.2 Å². The molecule has 3 unspecified atom stereocenters. The van der Waals surface area contributed by atoms with E-state index < -0.39 is 62.4 Å². The van der Waals surface area contributed by atoms with Gasteiger partial charge in [-0.1, -0.05) is 54.7 Å². The van der Waals surface area contributed by atoms with Gasteiger partial charge in [-0.15, -0.1) is 0 Å². The second-order valence-corrected chi connectivity index (χ2v) is 14.1. The number of carbonyl (C=O) groups excluding carboxylic acids is 2. The Labute approximate surface area is 305 Å². The van der Waals surface area contributed by atoms with Crippen molar-refractivity contribution in [3.8, 4) is 11.8 Å². The molecule has 1 fully saturated rings. The molecule has 1 aliphatic heterocycles. The molecular formula is C36H43N4O12P. The standard InChI is InChI=1S/C36H43N4O12P/c1-49-53(47,48)52-32-29(22-41)50-34(31(32)43)40-21-26(33(44)39-35(40)45)13-9-19-37-30(42)15-3-2-8-18-38-36(46)51-28-20-25-12-5-4-10-23(25)16-17-24-11-6-7-14-27(24)28/h4-7,10-12,14,21,28-29,31-32,34,41,43H,2-3,8-9,13,15,18-20,22H2,1H3,(H,37,42)(H,38,46)(H,47,48)(H,39,44,45)/t28?,29-,31+,32?,34-/m1/s1. The van der Waals surface area contributed by atoms with Crippen LogP contribution in [0.1, 0.15) is 72.3 Å². The van der Waals surface area contributed by atoms with Gasteiger partial charge in [0.2, 0.25) is 5.91 Å². The fourth-order valence-electron chi connectivity index (χ4n) is 6.12. The second kappa shape index (κ2) is 18.4. The molecule has 1 aromatic heterocycles. The molecule has 1 saturated heterocycles. The Balaban J connectivity index is 1.01. The van der Waals surface area contributed by atoms with E-state index >= 15 is 0 Å². The number of phosphoric ester groups is 1. The zero-order valence-corrected chi connectivity index (χ0v) is 30.0. The van der Waals surface area contributed by atoms with E-state index in [0.29, 0.717) is 38.6 Å². The molecule has 0 spiro atoms. The summed E-state index contributed by atoms with van der Waals surface area (Å²) in [6, 6.07) is 15.4. The first kappa shape index (κ1) is 39.6. The van der Waals surface area contributed by atoms with E-state index in [2.05, 4.69) is 32.0 Å².